The van der Waals surface area contributed by atoms with Gasteiger partial charge in [-0.1, -0.05) is 64.0 Å². The molecule has 1 aliphatic heterocycles. The fourth-order valence-corrected chi connectivity index (χ4v) is 3.33. The Balaban J connectivity index is 0.00000312. The molecule has 0 spiro atoms. The van der Waals surface area contributed by atoms with Gasteiger partial charge in [-0.15, -0.1) is 12.4 Å². The minimum atomic E-state index is 0. The minimum absolute atomic E-state index is 0. The first-order chi connectivity index (χ1) is 11.8. The third-order valence-corrected chi connectivity index (χ3v) is 4.92. The van der Waals surface area contributed by atoms with Gasteiger partial charge in [0.15, 0.2) is 0 Å². The number of halogens is 1. The molecule has 1 aliphatic rings. The molecule has 1 aromatic carbocycles. The average Bonchev–Trinajstić information content (AvgIpc) is 2.64. The highest BCUT2D eigenvalue weighted by molar-refractivity contribution is 5.94. The molecule has 2 rings (SSSR count). The van der Waals surface area contributed by atoms with Gasteiger partial charge >= 0.3 is 0 Å². The topological polar surface area (TPSA) is 32.3 Å². The molecular weight excluding hydrogens is 332 g/mol. The van der Waals surface area contributed by atoms with Crippen molar-refractivity contribution in [3.05, 3.63) is 35.4 Å². The SMILES string of the molecule is CCCCCCCCCCc1ccc(C(=O)N2CCNCC2)cc1.Cl. The molecule has 25 heavy (non-hydrogen) atoms. The Kier molecular flexibility index (Phi) is 11.6. The molecule has 0 unspecified atom stereocenters. The van der Waals surface area contributed by atoms with Crippen LogP contribution in [-0.4, -0.2) is 37.0 Å². The fourth-order valence-electron chi connectivity index (χ4n) is 3.33. The van der Waals surface area contributed by atoms with Gasteiger partial charge in [-0.05, 0) is 30.5 Å². The Morgan fingerprint density at radius 3 is 2.08 bits per heavy atom. The maximum atomic E-state index is 12.4. The van der Waals surface area contributed by atoms with Crippen LogP contribution in [-0.2, 0) is 6.42 Å². The van der Waals surface area contributed by atoms with Gasteiger partial charge in [0, 0.05) is 31.7 Å². The van der Waals surface area contributed by atoms with E-state index in [9.17, 15) is 4.79 Å². The van der Waals surface area contributed by atoms with Gasteiger partial charge in [-0.3, -0.25) is 4.79 Å². The molecule has 0 saturated carbocycles. The van der Waals surface area contributed by atoms with Crippen molar-refractivity contribution in [1.29, 1.82) is 0 Å². The van der Waals surface area contributed by atoms with Crippen molar-refractivity contribution in [2.45, 2.75) is 64.7 Å². The van der Waals surface area contributed by atoms with Gasteiger partial charge in [-0.2, -0.15) is 0 Å². The van der Waals surface area contributed by atoms with Gasteiger partial charge in [0.25, 0.3) is 5.91 Å². The summed E-state index contributed by atoms with van der Waals surface area (Å²) in [5, 5.41) is 3.28. The number of hydrogen-bond donors (Lipinski definition) is 1. The van der Waals surface area contributed by atoms with Crippen LogP contribution in [0.15, 0.2) is 24.3 Å². The van der Waals surface area contributed by atoms with Crippen molar-refractivity contribution in [1.82, 2.24) is 10.2 Å². The van der Waals surface area contributed by atoms with E-state index in [-0.39, 0.29) is 18.3 Å². The molecule has 0 aromatic heterocycles. The molecule has 4 heteroatoms. The summed E-state index contributed by atoms with van der Waals surface area (Å²) in [6.45, 7) is 5.71. The van der Waals surface area contributed by atoms with Crippen LogP contribution in [0, 0.1) is 0 Å². The van der Waals surface area contributed by atoms with Crippen LogP contribution in [0.4, 0.5) is 0 Å². The Labute approximate surface area is 160 Å². The van der Waals surface area contributed by atoms with E-state index in [4.69, 9.17) is 0 Å². The molecule has 1 heterocycles. The van der Waals surface area contributed by atoms with E-state index in [0.717, 1.165) is 38.2 Å². The highest BCUT2D eigenvalue weighted by Gasteiger charge is 2.17. The number of carbonyl (C=O) groups is 1. The summed E-state index contributed by atoms with van der Waals surface area (Å²) < 4.78 is 0. The summed E-state index contributed by atoms with van der Waals surface area (Å²) in [5.41, 5.74) is 2.19. The molecule has 0 atom stereocenters. The van der Waals surface area contributed by atoms with Gasteiger partial charge in [0.2, 0.25) is 0 Å². The lowest BCUT2D eigenvalue weighted by molar-refractivity contribution is 0.0736. The molecule has 1 fully saturated rings. The number of piperazine rings is 1. The van der Waals surface area contributed by atoms with Crippen molar-refractivity contribution in [3.8, 4) is 0 Å². The predicted octanol–water partition coefficient (Wildman–Crippen LogP) is 4.84. The third-order valence-electron chi connectivity index (χ3n) is 4.92. The van der Waals surface area contributed by atoms with Crippen molar-refractivity contribution < 1.29 is 4.79 Å². The van der Waals surface area contributed by atoms with E-state index in [1.807, 2.05) is 17.0 Å². The van der Waals surface area contributed by atoms with Crippen LogP contribution in [0.5, 0.6) is 0 Å². The van der Waals surface area contributed by atoms with E-state index in [1.165, 1.54) is 56.9 Å². The van der Waals surface area contributed by atoms with Crippen molar-refractivity contribution in [2.75, 3.05) is 26.2 Å². The Bertz CT molecular complexity index is 469. The highest BCUT2D eigenvalue weighted by atomic mass is 35.5. The molecule has 0 radical (unpaired) electrons. The molecule has 142 valence electrons. The monoisotopic (exact) mass is 366 g/mol. The lowest BCUT2D eigenvalue weighted by Gasteiger charge is -2.27. The lowest BCUT2D eigenvalue weighted by Crippen LogP contribution is -2.46. The Hall–Kier alpha value is -1.06. The normalized spacial score (nSPS) is 14.2. The largest absolute Gasteiger partial charge is 0.336 e. The molecule has 1 amide bonds. The van der Waals surface area contributed by atoms with Gasteiger partial charge < -0.3 is 10.2 Å². The smallest absolute Gasteiger partial charge is 0.253 e. The van der Waals surface area contributed by atoms with Crippen molar-refractivity contribution >= 4 is 18.3 Å². The molecule has 1 aromatic rings. The second-order valence-corrected chi connectivity index (χ2v) is 6.96. The van der Waals surface area contributed by atoms with Crippen molar-refractivity contribution in [2.24, 2.45) is 0 Å². The van der Waals surface area contributed by atoms with Crippen LogP contribution in [0.3, 0.4) is 0 Å². The number of nitrogens with zero attached hydrogens (tertiary/aromatic N) is 1. The van der Waals surface area contributed by atoms with Crippen LogP contribution in [0.1, 0.15) is 74.2 Å². The van der Waals surface area contributed by atoms with E-state index >= 15 is 0 Å². The maximum Gasteiger partial charge on any atom is 0.253 e. The first-order valence-corrected chi connectivity index (χ1v) is 9.90. The highest BCUT2D eigenvalue weighted by Crippen LogP contribution is 2.13. The van der Waals surface area contributed by atoms with E-state index in [1.54, 1.807) is 0 Å². The summed E-state index contributed by atoms with van der Waals surface area (Å²) in [6, 6.07) is 8.28. The van der Waals surface area contributed by atoms with Crippen LogP contribution < -0.4 is 5.32 Å². The second kappa shape index (κ2) is 13.2. The number of carbonyl (C=O) groups excluding carboxylic acids is 1. The standard InChI is InChI=1S/C21H34N2O.ClH/c1-2-3-4-5-6-7-8-9-10-19-11-13-20(14-12-19)21(24)23-17-15-22-16-18-23;/h11-14,22H,2-10,15-18H2,1H3;1H. The number of unbranched alkanes of at least 4 members (excludes halogenated alkanes) is 7. The third kappa shape index (κ3) is 8.24. The van der Waals surface area contributed by atoms with Crippen LogP contribution in [0.25, 0.3) is 0 Å². The molecule has 0 bridgehead atoms. The first-order valence-electron chi connectivity index (χ1n) is 9.90. The average molecular weight is 367 g/mol. The minimum Gasteiger partial charge on any atom is -0.336 e. The summed E-state index contributed by atoms with van der Waals surface area (Å²) in [6.07, 6.45) is 12.0. The summed E-state index contributed by atoms with van der Waals surface area (Å²) in [4.78, 5) is 14.4. The zero-order valence-corrected chi connectivity index (χ0v) is 16.6. The number of aryl methyl sites for hydroxylation is 1. The van der Waals surface area contributed by atoms with E-state index < -0.39 is 0 Å². The number of rotatable bonds is 10. The summed E-state index contributed by atoms with van der Waals surface area (Å²) in [7, 11) is 0. The summed E-state index contributed by atoms with van der Waals surface area (Å²) >= 11 is 0. The van der Waals surface area contributed by atoms with E-state index in [2.05, 4.69) is 24.4 Å². The predicted molar refractivity (Wildman–Crippen MR) is 109 cm³/mol. The second-order valence-electron chi connectivity index (χ2n) is 6.96. The number of nitrogens with one attached hydrogen (secondary N) is 1. The van der Waals surface area contributed by atoms with Gasteiger partial charge in [0.05, 0.1) is 0 Å². The van der Waals surface area contributed by atoms with Gasteiger partial charge in [-0.25, -0.2) is 0 Å². The molecule has 0 aliphatic carbocycles. The molecule has 3 nitrogen and oxygen atoms in total. The number of hydrogen-bond acceptors (Lipinski definition) is 2. The molecular formula is C21H35ClN2O. The quantitative estimate of drug-likeness (QED) is 0.601. The molecule has 1 N–H and O–H groups in total. The molecule has 1 saturated heterocycles. The number of benzene rings is 1. The zero-order chi connectivity index (χ0) is 17.0. The Morgan fingerprint density at radius 1 is 0.920 bits per heavy atom. The summed E-state index contributed by atoms with van der Waals surface area (Å²) in [5.74, 6) is 0.176. The number of amides is 1. The fraction of sp³-hybridized carbons (Fsp3) is 0.667. The van der Waals surface area contributed by atoms with Crippen molar-refractivity contribution in [3.63, 3.8) is 0 Å². The lowest BCUT2D eigenvalue weighted by atomic mass is 10.0. The maximum absolute atomic E-state index is 12.4. The van der Waals surface area contributed by atoms with Crippen LogP contribution >= 0.6 is 12.4 Å². The van der Waals surface area contributed by atoms with E-state index in [0.29, 0.717) is 0 Å². The van der Waals surface area contributed by atoms with Crippen LogP contribution in [0.2, 0.25) is 0 Å². The van der Waals surface area contributed by atoms with Gasteiger partial charge in [0.1, 0.15) is 0 Å². The Morgan fingerprint density at radius 2 is 1.48 bits per heavy atom. The zero-order valence-electron chi connectivity index (χ0n) is 15.8. The first kappa shape index (κ1) is 22.0.